The number of sulfonamides is 1. The van der Waals surface area contributed by atoms with Crippen molar-refractivity contribution in [2.75, 3.05) is 28.0 Å². The first kappa shape index (κ1) is 20.8. The predicted molar refractivity (Wildman–Crippen MR) is 117 cm³/mol. The number of carbonyl (C=O) groups excluding carboxylic acids is 1. The molecule has 1 aromatic heterocycles. The Labute approximate surface area is 180 Å². The van der Waals surface area contributed by atoms with Gasteiger partial charge in [-0.2, -0.15) is 0 Å². The van der Waals surface area contributed by atoms with E-state index in [1.165, 1.54) is 42.5 Å². The molecule has 0 unspecified atom stereocenters. The van der Waals surface area contributed by atoms with Gasteiger partial charge < -0.3 is 10.2 Å². The molecular weight excluding hydrogens is 419 g/mol. The standard InChI is InChI=1S/C22H21FN4O3S/c23-19-5-1-2-6-20(19)26-31(29,30)18-10-7-16(8-11-18)22(28)25-17-9-12-21(24-15-17)27-13-3-4-14-27/h1-2,5-12,15,26H,3-4,13-14H2,(H,25,28). The molecule has 2 aromatic carbocycles. The average Bonchev–Trinajstić information content (AvgIpc) is 3.31. The highest BCUT2D eigenvalue weighted by Crippen LogP contribution is 2.21. The summed E-state index contributed by atoms with van der Waals surface area (Å²) < 4.78 is 40.9. The van der Waals surface area contributed by atoms with Gasteiger partial charge in [-0.05, 0) is 61.4 Å². The molecule has 1 fully saturated rings. The van der Waals surface area contributed by atoms with E-state index in [-0.39, 0.29) is 22.1 Å². The third kappa shape index (κ3) is 4.83. The molecule has 7 nitrogen and oxygen atoms in total. The van der Waals surface area contributed by atoms with Crippen LogP contribution in [-0.4, -0.2) is 32.4 Å². The van der Waals surface area contributed by atoms with E-state index in [0.29, 0.717) is 5.69 Å². The minimum atomic E-state index is -3.99. The molecule has 160 valence electrons. The Kier molecular flexibility index (Phi) is 5.85. The minimum absolute atomic E-state index is 0.0797. The van der Waals surface area contributed by atoms with Crippen LogP contribution >= 0.6 is 0 Å². The van der Waals surface area contributed by atoms with Crippen LogP contribution in [0.25, 0.3) is 0 Å². The number of benzene rings is 2. The van der Waals surface area contributed by atoms with Gasteiger partial charge in [-0.3, -0.25) is 9.52 Å². The van der Waals surface area contributed by atoms with Gasteiger partial charge in [-0.15, -0.1) is 0 Å². The van der Waals surface area contributed by atoms with Crippen molar-refractivity contribution in [3.63, 3.8) is 0 Å². The van der Waals surface area contributed by atoms with Gasteiger partial charge in [0.15, 0.2) is 0 Å². The van der Waals surface area contributed by atoms with Gasteiger partial charge in [0.05, 0.1) is 22.5 Å². The number of carbonyl (C=O) groups is 1. The van der Waals surface area contributed by atoms with Crippen LogP contribution in [0.1, 0.15) is 23.2 Å². The molecule has 0 bridgehead atoms. The van der Waals surface area contributed by atoms with Crippen molar-refractivity contribution in [2.24, 2.45) is 0 Å². The highest BCUT2D eigenvalue weighted by Gasteiger charge is 2.17. The molecular formula is C22H21FN4O3S. The lowest BCUT2D eigenvalue weighted by atomic mass is 10.2. The largest absolute Gasteiger partial charge is 0.357 e. The number of pyridine rings is 1. The van der Waals surface area contributed by atoms with Crippen molar-refractivity contribution in [3.8, 4) is 0 Å². The van der Waals surface area contributed by atoms with E-state index in [4.69, 9.17) is 0 Å². The zero-order valence-corrected chi connectivity index (χ0v) is 17.4. The Balaban J connectivity index is 1.42. The predicted octanol–water partition coefficient (Wildman–Crippen LogP) is 3.87. The number of nitrogens with zero attached hydrogens (tertiary/aromatic N) is 2. The fraction of sp³-hybridized carbons (Fsp3) is 0.182. The third-order valence-electron chi connectivity index (χ3n) is 4.98. The van der Waals surface area contributed by atoms with E-state index in [9.17, 15) is 17.6 Å². The molecule has 0 radical (unpaired) electrons. The lowest BCUT2D eigenvalue weighted by Crippen LogP contribution is -2.19. The minimum Gasteiger partial charge on any atom is -0.357 e. The van der Waals surface area contributed by atoms with Crippen LogP contribution in [0.3, 0.4) is 0 Å². The molecule has 1 amide bonds. The molecule has 9 heteroatoms. The number of para-hydroxylation sites is 1. The number of amides is 1. The molecule has 0 spiro atoms. The second kappa shape index (κ2) is 8.73. The van der Waals surface area contributed by atoms with E-state index in [1.54, 1.807) is 12.3 Å². The number of hydrogen-bond acceptors (Lipinski definition) is 5. The highest BCUT2D eigenvalue weighted by molar-refractivity contribution is 7.92. The highest BCUT2D eigenvalue weighted by atomic mass is 32.2. The van der Waals surface area contributed by atoms with E-state index >= 15 is 0 Å². The molecule has 1 aliphatic rings. The third-order valence-corrected chi connectivity index (χ3v) is 6.36. The number of nitrogens with one attached hydrogen (secondary N) is 2. The maximum atomic E-state index is 13.7. The van der Waals surface area contributed by atoms with Gasteiger partial charge in [0.2, 0.25) is 0 Å². The van der Waals surface area contributed by atoms with Gasteiger partial charge >= 0.3 is 0 Å². The van der Waals surface area contributed by atoms with Crippen LogP contribution in [0.15, 0.2) is 71.8 Å². The summed E-state index contributed by atoms with van der Waals surface area (Å²) in [5.74, 6) is -0.180. The zero-order chi connectivity index (χ0) is 21.8. The summed E-state index contributed by atoms with van der Waals surface area (Å²) in [6.45, 7) is 1.97. The number of rotatable bonds is 6. The Morgan fingerprint density at radius 1 is 0.968 bits per heavy atom. The number of halogens is 1. The molecule has 0 saturated carbocycles. The second-order valence-corrected chi connectivity index (χ2v) is 8.85. The molecule has 2 N–H and O–H groups in total. The summed E-state index contributed by atoms with van der Waals surface area (Å²) in [6.07, 6.45) is 3.91. The molecule has 4 rings (SSSR count). The van der Waals surface area contributed by atoms with Crippen LogP contribution in [0, 0.1) is 5.82 Å². The van der Waals surface area contributed by atoms with Crippen molar-refractivity contribution < 1.29 is 17.6 Å². The van der Waals surface area contributed by atoms with Crippen LogP contribution in [0.5, 0.6) is 0 Å². The molecule has 1 aliphatic heterocycles. The van der Waals surface area contributed by atoms with Crippen LogP contribution in [0.2, 0.25) is 0 Å². The van der Waals surface area contributed by atoms with Gasteiger partial charge in [0, 0.05) is 18.7 Å². The molecule has 31 heavy (non-hydrogen) atoms. The monoisotopic (exact) mass is 440 g/mol. The average molecular weight is 441 g/mol. The Bertz CT molecular complexity index is 1180. The second-order valence-electron chi connectivity index (χ2n) is 7.16. The van der Waals surface area contributed by atoms with Crippen molar-refractivity contribution >= 4 is 33.1 Å². The summed E-state index contributed by atoms with van der Waals surface area (Å²) in [4.78, 5) is 19.0. The lowest BCUT2D eigenvalue weighted by Gasteiger charge is -2.16. The summed E-state index contributed by atoms with van der Waals surface area (Å²) in [5.41, 5.74) is 0.688. The number of anilines is 3. The SMILES string of the molecule is O=C(Nc1ccc(N2CCCC2)nc1)c1ccc(S(=O)(=O)Nc2ccccc2F)cc1. The van der Waals surface area contributed by atoms with Crippen LogP contribution < -0.4 is 14.9 Å². The van der Waals surface area contributed by atoms with Gasteiger partial charge in [0.1, 0.15) is 11.6 Å². The zero-order valence-electron chi connectivity index (χ0n) is 16.6. The first-order chi connectivity index (χ1) is 14.9. The Morgan fingerprint density at radius 2 is 1.68 bits per heavy atom. The maximum Gasteiger partial charge on any atom is 0.261 e. The summed E-state index contributed by atoms with van der Waals surface area (Å²) >= 11 is 0. The molecule has 2 heterocycles. The van der Waals surface area contributed by atoms with Crippen molar-refractivity contribution in [3.05, 3.63) is 78.2 Å². The summed E-state index contributed by atoms with van der Waals surface area (Å²) in [7, 11) is -3.99. The van der Waals surface area contributed by atoms with Crippen molar-refractivity contribution in [1.82, 2.24) is 4.98 Å². The van der Waals surface area contributed by atoms with E-state index in [2.05, 4.69) is 19.9 Å². The fourth-order valence-corrected chi connectivity index (χ4v) is 4.40. The quantitative estimate of drug-likeness (QED) is 0.607. The first-order valence-electron chi connectivity index (χ1n) is 9.82. The van der Waals surface area contributed by atoms with E-state index in [0.717, 1.165) is 37.8 Å². The normalized spacial score (nSPS) is 13.8. The van der Waals surface area contributed by atoms with Gasteiger partial charge in [-0.25, -0.2) is 17.8 Å². The van der Waals surface area contributed by atoms with Crippen LogP contribution in [-0.2, 0) is 10.0 Å². The smallest absolute Gasteiger partial charge is 0.261 e. The molecule has 1 saturated heterocycles. The summed E-state index contributed by atoms with van der Waals surface area (Å²) in [6, 6.07) is 14.5. The van der Waals surface area contributed by atoms with E-state index < -0.39 is 15.8 Å². The van der Waals surface area contributed by atoms with Crippen molar-refractivity contribution in [2.45, 2.75) is 17.7 Å². The Hall–Kier alpha value is -3.46. The molecule has 0 atom stereocenters. The van der Waals surface area contributed by atoms with Crippen LogP contribution in [0.4, 0.5) is 21.6 Å². The fourth-order valence-electron chi connectivity index (χ4n) is 3.33. The summed E-state index contributed by atoms with van der Waals surface area (Å²) in [5, 5.41) is 2.75. The topological polar surface area (TPSA) is 91.4 Å². The number of aromatic nitrogens is 1. The van der Waals surface area contributed by atoms with E-state index in [1.807, 2.05) is 6.07 Å². The van der Waals surface area contributed by atoms with Gasteiger partial charge in [-0.1, -0.05) is 12.1 Å². The first-order valence-corrected chi connectivity index (χ1v) is 11.3. The van der Waals surface area contributed by atoms with Crippen molar-refractivity contribution in [1.29, 1.82) is 0 Å². The maximum absolute atomic E-state index is 13.7. The Morgan fingerprint density at radius 3 is 2.32 bits per heavy atom. The van der Waals surface area contributed by atoms with Gasteiger partial charge in [0.25, 0.3) is 15.9 Å². The molecule has 0 aliphatic carbocycles. The lowest BCUT2D eigenvalue weighted by molar-refractivity contribution is 0.102. The number of hydrogen-bond donors (Lipinski definition) is 2. The molecule has 3 aromatic rings.